The highest BCUT2D eigenvalue weighted by molar-refractivity contribution is 5.95. The number of carbonyl (C=O) groups excluding carboxylic acids is 4. The third kappa shape index (κ3) is 11.6. The lowest BCUT2D eigenvalue weighted by Crippen LogP contribution is -2.57. The van der Waals surface area contributed by atoms with Gasteiger partial charge in [0, 0.05) is 6.54 Å². The Balaban J connectivity index is 2.90. The van der Waals surface area contributed by atoms with Gasteiger partial charge in [-0.15, -0.1) is 0 Å². The van der Waals surface area contributed by atoms with Crippen molar-refractivity contribution in [1.29, 1.82) is 0 Å². The molecule has 0 aliphatic heterocycles. The van der Waals surface area contributed by atoms with Gasteiger partial charge in [0.1, 0.15) is 24.4 Å². The summed E-state index contributed by atoms with van der Waals surface area (Å²) in [5.41, 5.74) is 22.3. The second-order valence-electron chi connectivity index (χ2n) is 7.83. The average molecular weight is 509 g/mol. The molecule has 3 atom stereocenters. The molecule has 15 nitrogen and oxygen atoms in total. The molecule has 0 aliphatic rings. The van der Waals surface area contributed by atoms with Gasteiger partial charge in [0.15, 0.2) is 5.96 Å². The molecule has 0 bridgehead atoms. The zero-order valence-electron chi connectivity index (χ0n) is 19.5. The van der Waals surface area contributed by atoms with Crippen LogP contribution in [0, 0.1) is 0 Å². The first-order valence-corrected chi connectivity index (χ1v) is 10.9. The number of carbonyl (C=O) groups is 5. The van der Waals surface area contributed by atoms with Crippen LogP contribution in [0.4, 0.5) is 0 Å². The number of primary amides is 1. The lowest BCUT2D eigenvalue weighted by atomic mass is 10.0. The lowest BCUT2D eigenvalue weighted by molar-refractivity contribution is -0.138. The number of hydrogen-bond acceptors (Lipinski definition) is 8. The molecular weight excluding hydrogens is 476 g/mol. The summed E-state index contributed by atoms with van der Waals surface area (Å²) in [5, 5.41) is 25.0. The fourth-order valence-corrected chi connectivity index (χ4v) is 3.00. The normalized spacial score (nSPS) is 12.9. The minimum Gasteiger partial charge on any atom is -0.508 e. The number of rotatable bonds is 15. The number of aliphatic imine (C=N–C) groups is 1. The molecule has 1 aromatic carbocycles. The number of carboxylic acids is 1. The van der Waals surface area contributed by atoms with Crippen LogP contribution in [-0.2, 0) is 30.4 Å². The summed E-state index contributed by atoms with van der Waals surface area (Å²) in [6, 6.07) is 2.21. The third-order valence-corrected chi connectivity index (χ3v) is 4.76. The molecule has 4 amide bonds. The zero-order chi connectivity index (χ0) is 27.3. The van der Waals surface area contributed by atoms with Crippen molar-refractivity contribution in [3.05, 3.63) is 29.8 Å². The number of nitrogens with zero attached hydrogens (tertiary/aromatic N) is 1. The van der Waals surface area contributed by atoms with Gasteiger partial charge in [0.25, 0.3) is 0 Å². The van der Waals surface area contributed by atoms with Gasteiger partial charge >= 0.3 is 5.97 Å². The third-order valence-electron chi connectivity index (χ3n) is 4.76. The highest BCUT2D eigenvalue weighted by Gasteiger charge is 2.29. The van der Waals surface area contributed by atoms with E-state index < -0.39 is 60.7 Å². The summed E-state index contributed by atoms with van der Waals surface area (Å²) < 4.78 is 0. The summed E-state index contributed by atoms with van der Waals surface area (Å²) in [6.07, 6.45) is -0.248. The van der Waals surface area contributed by atoms with E-state index in [0.29, 0.717) is 5.56 Å². The molecule has 0 aliphatic carbocycles. The topological polar surface area (TPSA) is 278 Å². The standard InChI is InChI=1S/C21H32N8O7/c22-13(8-11-3-5-12(30)6-4-11)18(34)29-15(9-16(23)31)20(36)28-14(2-1-7-26-21(24)25)19(35)27-10-17(32)33/h3-6,13-15,30H,1-2,7-10,22H2,(H2,23,31)(H,27,35)(H,28,36)(H,29,34)(H,32,33)(H4,24,25,26). The number of aliphatic carboxylic acids is 1. The largest absolute Gasteiger partial charge is 0.508 e. The quantitative estimate of drug-likeness (QED) is 0.0636. The van der Waals surface area contributed by atoms with Crippen molar-refractivity contribution in [2.24, 2.45) is 27.9 Å². The van der Waals surface area contributed by atoms with E-state index in [1.807, 2.05) is 0 Å². The number of hydrogen-bond donors (Lipinski definition) is 9. The Bertz CT molecular complexity index is 964. The molecule has 0 saturated heterocycles. The number of amides is 4. The van der Waals surface area contributed by atoms with Crippen molar-refractivity contribution in [3.8, 4) is 5.75 Å². The van der Waals surface area contributed by atoms with E-state index in [4.69, 9.17) is 28.0 Å². The predicted molar refractivity (Wildman–Crippen MR) is 128 cm³/mol. The monoisotopic (exact) mass is 508 g/mol. The number of benzene rings is 1. The number of nitrogens with one attached hydrogen (secondary N) is 3. The first-order valence-electron chi connectivity index (χ1n) is 10.9. The van der Waals surface area contributed by atoms with Gasteiger partial charge in [-0.05, 0) is 37.0 Å². The highest BCUT2D eigenvalue weighted by Crippen LogP contribution is 2.11. The van der Waals surface area contributed by atoms with Crippen molar-refractivity contribution in [1.82, 2.24) is 16.0 Å². The molecule has 3 unspecified atom stereocenters. The minimum absolute atomic E-state index is 0.0194. The van der Waals surface area contributed by atoms with Crippen LogP contribution in [0.25, 0.3) is 0 Å². The van der Waals surface area contributed by atoms with Crippen LogP contribution in [0.5, 0.6) is 5.75 Å². The molecular formula is C21H32N8O7. The summed E-state index contributed by atoms with van der Waals surface area (Å²) in [5.74, 6) is -4.80. The van der Waals surface area contributed by atoms with Crippen LogP contribution in [0.15, 0.2) is 29.3 Å². The number of nitrogens with two attached hydrogens (primary N) is 4. The Hall–Kier alpha value is -4.40. The molecule has 1 aromatic rings. The Labute approximate surface area is 206 Å². The average Bonchev–Trinajstić information content (AvgIpc) is 2.79. The highest BCUT2D eigenvalue weighted by atomic mass is 16.4. The molecule has 0 fully saturated rings. The molecule has 0 radical (unpaired) electrons. The van der Waals surface area contributed by atoms with E-state index in [9.17, 15) is 29.1 Å². The number of phenolic OH excluding ortho intramolecular Hbond substituents is 1. The van der Waals surface area contributed by atoms with Gasteiger partial charge < -0.3 is 49.1 Å². The fourth-order valence-electron chi connectivity index (χ4n) is 3.00. The number of phenols is 1. The second kappa shape index (κ2) is 14.8. The summed E-state index contributed by atoms with van der Waals surface area (Å²) in [6.45, 7) is -0.554. The molecule has 13 N–H and O–H groups in total. The molecule has 198 valence electrons. The van der Waals surface area contributed by atoms with Crippen molar-refractivity contribution in [3.63, 3.8) is 0 Å². The summed E-state index contributed by atoms with van der Waals surface area (Å²) in [4.78, 5) is 63.9. The predicted octanol–water partition coefficient (Wildman–Crippen LogP) is -3.64. The SMILES string of the molecule is NC(=O)CC(NC(=O)C(N)Cc1ccc(O)cc1)C(=O)NC(CCCN=C(N)N)C(=O)NCC(=O)O. The maximum absolute atomic E-state index is 12.9. The maximum atomic E-state index is 12.9. The van der Waals surface area contributed by atoms with Gasteiger partial charge in [0.05, 0.1) is 12.5 Å². The van der Waals surface area contributed by atoms with E-state index in [1.54, 1.807) is 12.1 Å². The van der Waals surface area contributed by atoms with Crippen molar-refractivity contribution in [2.45, 2.75) is 43.8 Å². The Morgan fingerprint density at radius 2 is 1.53 bits per heavy atom. The van der Waals surface area contributed by atoms with Crippen LogP contribution in [0.3, 0.4) is 0 Å². The Kier molecular flexibility index (Phi) is 12.2. The molecule has 36 heavy (non-hydrogen) atoms. The summed E-state index contributed by atoms with van der Waals surface area (Å²) >= 11 is 0. The Morgan fingerprint density at radius 1 is 0.917 bits per heavy atom. The van der Waals surface area contributed by atoms with Gasteiger partial charge in [-0.25, -0.2) is 0 Å². The van der Waals surface area contributed by atoms with E-state index in [-0.39, 0.29) is 37.5 Å². The molecule has 0 aromatic heterocycles. The minimum atomic E-state index is -1.45. The van der Waals surface area contributed by atoms with Gasteiger partial charge in [-0.3, -0.25) is 29.0 Å². The molecule has 15 heteroatoms. The number of guanidine groups is 1. The lowest BCUT2D eigenvalue weighted by Gasteiger charge is -2.23. The first kappa shape index (κ1) is 29.6. The van der Waals surface area contributed by atoms with Gasteiger partial charge in [-0.2, -0.15) is 0 Å². The van der Waals surface area contributed by atoms with Crippen LogP contribution in [0.1, 0.15) is 24.8 Å². The van der Waals surface area contributed by atoms with E-state index in [1.165, 1.54) is 12.1 Å². The number of carboxylic acid groups (broad SMARTS) is 1. The van der Waals surface area contributed by atoms with Crippen LogP contribution >= 0.6 is 0 Å². The molecule has 1 rings (SSSR count). The van der Waals surface area contributed by atoms with E-state index in [0.717, 1.165) is 0 Å². The summed E-state index contributed by atoms with van der Waals surface area (Å²) in [7, 11) is 0. The van der Waals surface area contributed by atoms with Crippen LogP contribution in [0.2, 0.25) is 0 Å². The van der Waals surface area contributed by atoms with Crippen molar-refractivity contribution in [2.75, 3.05) is 13.1 Å². The van der Waals surface area contributed by atoms with E-state index >= 15 is 0 Å². The Morgan fingerprint density at radius 3 is 2.08 bits per heavy atom. The number of aromatic hydroxyl groups is 1. The van der Waals surface area contributed by atoms with E-state index in [2.05, 4.69) is 20.9 Å². The smallest absolute Gasteiger partial charge is 0.322 e. The van der Waals surface area contributed by atoms with Crippen molar-refractivity contribution < 1.29 is 34.2 Å². The van der Waals surface area contributed by atoms with Gasteiger partial charge in [0.2, 0.25) is 23.6 Å². The van der Waals surface area contributed by atoms with Gasteiger partial charge in [-0.1, -0.05) is 12.1 Å². The molecule has 0 spiro atoms. The zero-order valence-corrected chi connectivity index (χ0v) is 19.5. The van der Waals surface area contributed by atoms with Crippen LogP contribution in [-0.4, -0.2) is 77.0 Å². The van der Waals surface area contributed by atoms with Crippen molar-refractivity contribution >= 4 is 35.6 Å². The first-order chi connectivity index (χ1) is 16.9. The molecule has 0 saturated carbocycles. The fraction of sp³-hybridized carbons (Fsp3) is 0.429. The second-order valence-corrected chi connectivity index (χ2v) is 7.83. The molecule has 0 heterocycles. The van der Waals surface area contributed by atoms with Crippen LogP contribution < -0.4 is 38.9 Å². The maximum Gasteiger partial charge on any atom is 0.322 e.